The molecule has 0 saturated carbocycles. The summed E-state index contributed by atoms with van der Waals surface area (Å²) in [6.45, 7) is -0.312. The molecule has 6 heteroatoms. The Bertz CT molecular complexity index is 166. The van der Waals surface area contributed by atoms with E-state index in [0.717, 1.165) is 0 Å². The predicted molar refractivity (Wildman–Crippen MR) is 40.6 cm³/mol. The molecule has 0 aliphatic rings. The van der Waals surface area contributed by atoms with Crippen LogP contribution >= 0.6 is 0 Å². The number of carboxylic acids is 1. The van der Waals surface area contributed by atoms with Gasteiger partial charge in [0.15, 0.2) is 0 Å². The first-order valence-corrected chi connectivity index (χ1v) is 3.81. The van der Waals surface area contributed by atoms with Gasteiger partial charge >= 0.3 is 11.9 Å². The third-order valence-electron chi connectivity index (χ3n) is 1.10. The van der Waals surface area contributed by atoms with E-state index in [0.29, 0.717) is 0 Å². The predicted octanol–water partition coefficient (Wildman–Crippen LogP) is -0.292. The first-order valence-electron chi connectivity index (χ1n) is 3.81. The summed E-state index contributed by atoms with van der Waals surface area (Å²) in [4.78, 5) is 29.1. The van der Waals surface area contributed by atoms with Crippen LogP contribution in [0.15, 0.2) is 0 Å². The monoisotopic (exact) mass is 192 g/mol. The molecule has 0 amide bonds. The Morgan fingerprint density at radius 1 is 1.23 bits per heavy atom. The Morgan fingerprint density at radius 3 is 2.46 bits per heavy atom. The van der Waals surface area contributed by atoms with Crippen molar-refractivity contribution in [1.82, 2.24) is 0 Å². The van der Waals surface area contributed by atoms with Crippen LogP contribution in [-0.2, 0) is 19.4 Å². The van der Waals surface area contributed by atoms with Crippen molar-refractivity contribution in [1.29, 1.82) is 0 Å². The molecule has 0 atom stereocenters. The van der Waals surface area contributed by atoms with Gasteiger partial charge in [0.05, 0.1) is 6.61 Å². The van der Waals surface area contributed by atoms with Crippen molar-refractivity contribution in [3.63, 3.8) is 0 Å². The maximum atomic E-state index is 10.7. The zero-order chi connectivity index (χ0) is 10.1. The van der Waals surface area contributed by atoms with Crippen LogP contribution in [0.2, 0.25) is 0 Å². The molecule has 13 heavy (non-hydrogen) atoms. The average Bonchev–Trinajstić information content (AvgIpc) is 2.04. The van der Waals surface area contributed by atoms with Crippen LogP contribution in [0.1, 0.15) is 19.3 Å². The maximum Gasteiger partial charge on any atom is 0.342 e. The lowest BCUT2D eigenvalue weighted by Crippen LogP contribution is -2.08. The lowest BCUT2D eigenvalue weighted by Gasteiger charge is -2.00. The molecule has 0 radical (unpaired) electrons. The fourth-order valence-electron chi connectivity index (χ4n) is 0.570. The average molecular weight is 192 g/mol. The van der Waals surface area contributed by atoms with E-state index in [4.69, 9.17) is 10.2 Å². The van der Waals surface area contributed by atoms with Gasteiger partial charge in [-0.05, 0) is 6.42 Å². The van der Waals surface area contributed by atoms with E-state index in [1.807, 2.05) is 0 Å². The van der Waals surface area contributed by atoms with Gasteiger partial charge in [-0.3, -0.25) is 9.68 Å². The number of rotatable bonds is 7. The Labute approximate surface area is 75.0 Å². The fourth-order valence-corrected chi connectivity index (χ4v) is 0.570. The van der Waals surface area contributed by atoms with Gasteiger partial charge in [-0.2, -0.15) is 4.89 Å². The molecular formula is C7H12O6. The maximum absolute atomic E-state index is 10.7. The zero-order valence-corrected chi connectivity index (χ0v) is 7.06. The van der Waals surface area contributed by atoms with Crippen molar-refractivity contribution in [3.05, 3.63) is 0 Å². The van der Waals surface area contributed by atoms with E-state index in [9.17, 15) is 9.59 Å². The number of aliphatic hydroxyl groups excluding tert-OH is 1. The van der Waals surface area contributed by atoms with Crippen LogP contribution in [0.5, 0.6) is 0 Å². The van der Waals surface area contributed by atoms with Gasteiger partial charge in [-0.25, -0.2) is 4.79 Å². The van der Waals surface area contributed by atoms with Gasteiger partial charge in [0, 0.05) is 12.8 Å². The standard InChI is InChI=1S/C7H12O6/c8-4-5-12-13-7(11)3-1-2-6(9)10/h8H,1-5H2,(H,9,10). The van der Waals surface area contributed by atoms with Gasteiger partial charge < -0.3 is 10.2 Å². The summed E-state index contributed by atoms with van der Waals surface area (Å²) in [6, 6.07) is 0. The van der Waals surface area contributed by atoms with Gasteiger partial charge in [0.2, 0.25) is 0 Å². The minimum Gasteiger partial charge on any atom is -0.481 e. The highest BCUT2D eigenvalue weighted by Gasteiger charge is 2.05. The molecule has 0 spiro atoms. The summed E-state index contributed by atoms with van der Waals surface area (Å²) in [5.41, 5.74) is 0. The molecule has 6 nitrogen and oxygen atoms in total. The number of hydrogen-bond donors (Lipinski definition) is 2. The summed E-state index contributed by atoms with van der Waals surface area (Å²) in [6.07, 6.45) is 0.142. The van der Waals surface area contributed by atoms with Crippen molar-refractivity contribution in [2.75, 3.05) is 13.2 Å². The first-order chi connectivity index (χ1) is 6.16. The summed E-state index contributed by atoms with van der Waals surface area (Å²) >= 11 is 0. The van der Waals surface area contributed by atoms with Crippen LogP contribution in [0.25, 0.3) is 0 Å². The Morgan fingerprint density at radius 2 is 1.92 bits per heavy atom. The van der Waals surface area contributed by atoms with Gasteiger partial charge in [-0.15, -0.1) is 0 Å². The lowest BCUT2D eigenvalue weighted by molar-refractivity contribution is -0.275. The Balaban J connectivity index is 3.25. The van der Waals surface area contributed by atoms with Gasteiger partial charge in [-0.1, -0.05) is 0 Å². The molecule has 0 rings (SSSR count). The summed E-state index contributed by atoms with van der Waals surface area (Å²) < 4.78 is 0. The fraction of sp³-hybridized carbons (Fsp3) is 0.714. The van der Waals surface area contributed by atoms with Crippen molar-refractivity contribution in [3.8, 4) is 0 Å². The molecule has 0 aromatic rings. The molecule has 0 heterocycles. The lowest BCUT2D eigenvalue weighted by atomic mass is 10.2. The highest BCUT2D eigenvalue weighted by molar-refractivity contribution is 5.71. The first kappa shape index (κ1) is 11.9. The van der Waals surface area contributed by atoms with Crippen LogP contribution < -0.4 is 0 Å². The minimum absolute atomic E-state index is 0.00225. The number of aliphatic carboxylic acids is 1. The van der Waals surface area contributed by atoms with Crippen molar-refractivity contribution < 1.29 is 29.6 Å². The van der Waals surface area contributed by atoms with Crippen LogP contribution in [0.4, 0.5) is 0 Å². The second-order valence-electron chi connectivity index (χ2n) is 2.25. The van der Waals surface area contributed by atoms with Crippen LogP contribution in [-0.4, -0.2) is 35.4 Å². The molecule has 0 saturated heterocycles. The molecule has 0 aliphatic carbocycles. The van der Waals surface area contributed by atoms with E-state index in [2.05, 4.69) is 9.78 Å². The molecule has 0 aromatic heterocycles. The number of carbonyl (C=O) groups excluding carboxylic acids is 1. The number of aliphatic hydroxyl groups is 1. The van der Waals surface area contributed by atoms with Crippen LogP contribution in [0, 0.1) is 0 Å². The van der Waals surface area contributed by atoms with Crippen molar-refractivity contribution in [2.45, 2.75) is 19.3 Å². The highest BCUT2D eigenvalue weighted by Crippen LogP contribution is 1.97. The normalized spacial score (nSPS) is 9.62. The molecule has 0 unspecified atom stereocenters. The van der Waals surface area contributed by atoms with Gasteiger partial charge in [0.25, 0.3) is 0 Å². The minimum atomic E-state index is -0.955. The molecule has 0 fully saturated rings. The Hall–Kier alpha value is -1.14. The quantitative estimate of drug-likeness (QED) is 0.327. The Kier molecular flexibility index (Phi) is 6.85. The van der Waals surface area contributed by atoms with Crippen molar-refractivity contribution in [2.24, 2.45) is 0 Å². The molecule has 0 aromatic carbocycles. The van der Waals surface area contributed by atoms with Crippen molar-refractivity contribution >= 4 is 11.9 Å². The molecule has 0 aliphatic heterocycles. The number of carboxylic acid groups (broad SMARTS) is 1. The molecule has 2 N–H and O–H groups in total. The van der Waals surface area contributed by atoms with Crippen LogP contribution in [0.3, 0.4) is 0 Å². The second kappa shape index (κ2) is 7.51. The molecule has 0 bridgehead atoms. The smallest absolute Gasteiger partial charge is 0.342 e. The zero-order valence-electron chi connectivity index (χ0n) is 7.06. The topological polar surface area (TPSA) is 93.1 Å². The number of hydrogen-bond acceptors (Lipinski definition) is 5. The molecule has 76 valence electrons. The SMILES string of the molecule is O=C(O)CCCC(=O)OOCCO. The van der Waals surface area contributed by atoms with E-state index in [1.54, 1.807) is 0 Å². The number of carbonyl (C=O) groups is 2. The third kappa shape index (κ3) is 8.77. The molecular weight excluding hydrogens is 180 g/mol. The summed E-state index contributed by atoms with van der Waals surface area (Å²) in [7, 11) is 0. The van der Waals surface area contributed by atoms with Gasteiger partial charge in [0.1, 0.15) is 6.61 Å². The van der Waals surface area contributed by atoms with E-state index in [1.165, 1.54) is 0 Å². The second-order valence-corrected chi connectivity index (χ2v) is 2.25. The van der Waals surface area contributed by atoms with E-state index >= 15 is 0 Å². The summed E-state index contributed by atoms with van der Waals surface area (Å²) in [5, 5.41) is 16.5. The van der Waals surface area contributed by atoms with E-state index < -0.39 is 11.9 Å². The summed E-state index contributed by atoms with van der Waals surface area (Å²) in [5.74, 6) is -1.58. The third-order valence-corrected chi connectivity index (χ3v) is 1.10. The largest absolute Gasteiger partial charge is 0.481 e. The van der Waals surface area contributed by atoms with E-state index in [-0.39, 0.29) is 32.5 Å². The highest BCUT2D eigenvalue weighted by atomic mass is 17.2.